The van der Waals surface area contributed by atoms with Crippen LogP contribution in [0.4, 0.5) is 14.4 Å². The average Bonchev–Trinajstić information content (AvgIpc) is 2.72. The Morgan fingerprint density at radius 1 is 0.800 bits per heavy atom. The molecule has 0 amide bonds. The number of rotatable bonds is 10. The summed E-state index contributed by atoms with van der Waals surface area (Å²) in [6, 6.07) is 4.07. The van der Waals surface area contributed by atoms with E-state index in [0.29, 0.717) is 5.56 Å². The number of ether oxygens (including phenoxy) is 6. The van der Waals surface area contributed by atoms with E-state index in [1.54, 1.807) is 48.5 Å². The summed E-state index contributed by atoms with van der Waals surface area (Å²) in [6.45, 7) is 16.8. The van der Waals surface area contributed by atoms with E-state index in [1.165, 1.54) is 25.1 Å². The standard InChI is InChI=1S/C28H43NO11/c1-16(2)18(4)36-23(32)35-17(3)14-28(29,22(30)31)15-19-11-12-20(37-24(33)39-26(5,6)7)21(13-19)38-25(34)40-27(8,9)10/h11-13,16-18H,14-15,29H2,1-10H3,(H,30,31)/t17-,18?,28?/m0/s1. The van der Waals surface area contributed by atoms with Gasteiger partial charge in [0.05, 0.1) is 0 Å². The van der Waals surface area contributed by atoms with Gasteiger partial charge in [0.25, 0.3) is 0 Å². The molecule has 2 unspecified atom stereocenters. The second-order valence-corrected chi connectivity index (χ2v) is 12.0. The lowest BCUT2D eigenvalue weighted by molar-refractivity contribution is -0.144. The van der Waals surface area contributed by atoms with Crippen molar-refractivity contribution in [2.45, 2.75) is 111 Å². The van der Waals surface area contributed by atoms with Crippen LogP contribution >= 0.6 is 0 Å². The molecule has 0 saturated heterocycles. The van der Waals surface area contributed by atoms with Crippen molar-refractivity contribution in [1.82, 2.24) is 0 Å². The summed E-state index contributed by atoms with van der Waals surface area (Å²) >= 11 is 0. The molecule has 3 N–H and O–H groups in total. The van der Waals surface area contributed by atoms with E-state index in [1.807, 2.05) is 13.8 Å². The molecule has 0 heterocycles. The molecule has 1 rings (SSSR count). The summed E-state index contributed by atoms with van der Waals surface area (Å²) in [7, 11) is 0. The van der Waals surface area contributed by atoms with Gasteiger partial charge in [0.1, 0.15) is 28.9 Å². The van der Waals surface area contributed by atoms with Gasteiger partial charge in [-0.2, -0.15) is 0 Å². The highest BCUT2D eigenvalue weighted by Crippen LogP contribution is 2.32. The fourth-order valence-electron chi connectivity index (χ4n) is 3.18. The van der Waals surface area contributed by atoms with Crippen LogP contribution in [-0.2, 0) is 30.2 Å². The summed E-state index contributed by atoms with van der Waals surface area (Å²) in [5.74, 6) is -1.67. The van der Waals surface area contributed by atoms with Gasteiger partial charge in [0.2, 0.25) is 0 Å². The third-order valence-corrected chi connectivity index (χ3v) is 5.29. The number of aliphatic carboxylic acids is 1. The number of hydrogen-bond acceptors (Lipinski definition) is 11. The van der Waals surface area contributed by atoms with Crippen LogP contribution in [0.1, 0.15) is 81.2 Å². The number of hydrogen-bond donors (Lipinski definition) is 2. The predicted octanol–water partition coefficient (Wildman–Crippen LogP) is 5.62. The maximum Gasteiger partial charge on any atom is 0.514 e. The van der Waals surface area contributed by atoms with Crippen LogP contribution < -0.4 is 15.2 Å². The first-order valence-electron chi connectivity index (χ1n) is 12.9. The van der Waals surface area contributed by atoms with Crippen LogP contribution in [0.25, 0.3) is 0 Å². The molecule has 0 fully saturated rings. The highest BCUT2D eigenvalue weighted by atomic mass is 16.8. The molecule has 1 aromatic carbocycles. The Labute approximate surface area is 235 Å². The molecule has 0 radical (unpaired) electrons. The minimum absolute atomic E-state index is 0.0647. The number of carbonyl (C=O) groups excluding carboxylic acids is 3. The minimum Gasteiger partial charge on any atom is -0.480 e. The highest BCUT2D eigenvalue weighted by molar-refractivity contribution is 5.79. The van der Waals surface area contributed by atoms with Gasteiger partial charge in [-0.25, -0.2) is 14.4 Å². The molecular formula is C28H43NO11. The molecule has 12 nitrogen and oxygen atoms in total. The van der Waals surface area contributed by atoms with E-state index < -0.39 is 53.4 Å². The van der Waals surface area contributed by atoms with Gasteiger partial charge in [-0.3, -0.25) is 4.79 Å². The second kappa shape index (κ2) is 13.7. The summed E-state index contributed by atoms with van der Waals surface area (Å²) in [4.78, 5) is 48.9. The van der Waals surface area contributed by atoms with E-state index in [-0.39, 0.29) is 30.3 Å². The molecule has 0 aliphatic rings. The lowest BCUT2D eigenvalue weighted by atomic mass is 9.86. The number of carboxylic acid groups (broad SMARTS) is 1. The Balaban J connectivity index is 3.21. The molecule has 0 bridgehead atoms. The Bertz CT molecular complexity index is 1060. The molecule has 0 aliphatic heterocycles. The Morgan fingerprint density at radius 3 is 1.75 bits per heavy atom. The number of carboxylic acids is 1. The van der Waals surface area contributed by atoms with Crippen LogP contribution in [-0.4, -0.2) is 58.5 Å². The zero-order valence-corrected chi connectivity index (χ0v) is 25.0. The molecule has 12 heteroatoms. The normalized spacial score (nSPS) is 14.8. The van der Waals surface area contributed by atoms with Crippen molar-refractivity contribution in [3.05, 3.63) is 23.8 Å². The van der Waals surface area contributed by atoms with E-state index >= 15 is 0 Å². The quantitative estimate of drug-likeness (QED) is 0.203. The third kappa shape index (κ3) is 12.5. The van der Waals surface area contributed by atoms with Crippen molar-refractivity contribution in [1.29, 1.82) is 0 Å². The molecule has 3 atom stereocenters. The molecule has 226 valence electrons. The van der Waals surface area contributed by atoms with Gasteiger partial charge in [-0.1, -0.05) is 19.9 Å². The zero-order chi connectivity index (χ0) is 31.1. The molecule has 0 saturated carbocycles. The van der Waals surface area contributed by atoms with E-state index in [9.17, 15) is 24.3 Å². The summed E-state index contributed by atoms with van der Waals surface area (Å²) in [6.07, 6.45) is -4.87. The Hall–Kier alpha value is -3.54. The van der Waals surface area contributed by atoms with E-state index in [2.05, 4.69) is 0 Å². The minimum atomic E-state index is -1.89. The van der Waals surface area contributed by atoms with Crippen molar-refractivity contribution in [2.24, 2.45) is 11.7 Å². The first-order valence-corrected chi connectivity index (χ1v) is 12.9. The second-order valence-electron chi connectivity index (χ2n) is 12.0. The number of benzene rings is 1. The first kappa shape index (κ1) is 34.5. The maximum absolute atomic E-state index is 12.4. The highest BCUT2D eigenvalue weighted by Gasteiger charge is 2.38. The largest absolute Gasteiger partial charge is 0.514 e. The zero-order valence-electron chi connectivity index (χ0n) is 25.0. The smallest absolute Gasteiger partial charge is 0.480 e. The van der Waals surface area contributed by atoms with Crippen LogP contribution in [0.15, 0.2) is 18.2 Å². The fraction of sp³-hybridized carbons (Fsp3) is 0.643. The van der Waals surface area contributed by atoms with Crippen molar-refractivity contribution in [2.75, 3.05) is 0 Å². The maximum atomic E-state index is 12.4. The molecule has 0 aliphatic carbocycles. The molecular weight excluding hydrogens is 526 g/mol. The Morgan fingerprint density at radius 2 is 1.30 bits per heavy atom. The average molecular weight is 570 g/mol. The van der Waals surface area contributed by atoms with Crippen molar-refractivity contribution >= 4 is 24.4 Å². The van der Waals surface area contributed by atoms with Gasteiger partial charge in [-0.15, -0.1) is 0 Å². The molecule has 0 spiro atoms. The van der Waals surface area contributed by atoms with Gasteiger partial charge < -0.3 is 39.3 Å². The summed E-state index contributed by atoms with van der Waals surface area (Å²) < 4.78 is 31.2. The monoisotopic (exact) mass is 569 g/mol. The van der Waals surface area contributed by atoms with Crippen molar-refractivity contribution < 1.29 is 52.7 Å². The topological polar surface area (TPSA) is 170 Å². The third-order valence-electron chi connectivity index (χ3n) is 5.29. The fourth-order valence-corrected chi connectivity index (χ4v) is 3.18. The first-order chi connectivity index (χ1) is 18.1. The number of nitrogens with two attached hydrogens (primary N) is 1. The lowest BCUT2D eigenvalue weighted by Crippen LogP contribution is -2.52. The summed E-state index contributed by atoms with van der Waals surface area (Å²) in [5, 5.41) is 9.93. The Kier molecular flexibility index (Phi) is 11.8. The van der Waals surface area contributed by atoms with Gasteiger partial charge >= 0.3 is 24.4 Å². The van der Waals surface area contributed by atoms with Gasteiger partial charge in [0, 0.05) is 12.8 Å². The van der Waals surface area contributed by atoms with Crippen LogP contribution in [0.5, 0.6) is 11.5 Å². The van der Waals surface area contributed by atoms with Gasteiger partial charge in [0.15, 0.2) is 11.5 Å². The predicted molar refractivity (Wildman–Crippen MR) is 144 cm³/mol. The molecule has 1 aromatic rings. The van der Waals surface area contributed by atoms with Crippen LogP contribution in [0.2, 0.25) is 0 Å². The van der Waals surface area contributed by atoms with Crippen LogP contribution in [0, 0.1) is 5.92 Å². The van der Waals surface area contributed by atoms with Gasteiger partial charge in [-0.05, 0) is 79.0 Å². The van der Waals surface area contributed by atoms with Crippen LogP contribution in [0.3, 0.4) is 0 Å². The van der Waals surface area contributed by atoms with E-state index in [0.717, 1.165) is 0 Å². The SMILES string of the molecule is CC(C)C(C)OC(=O)O[C@@H](C)CC(N)(Cc1ccc(OC(=O)OC(C)(C)C)c(OC(=O)OC(C)(C)C)c1)C(=O)O. The van der Waals surface area contributed by atoms with Crippen molar-refractivity contribution in [3.63, 3.8) is 0 Å². The lowest BCUT2D eigenvalue weighted by Gasteiger charge is -2.28. The summed E-state index contributed by atoms with van der Waals surface area (Å²) in [5.41, 5.74) is 2.97. The van der Waals surface area contributed by atoms with E-state index in [4.69, 9.17) is 34.2 Å². The molecule has 40 heavy (non-hydrogen) atoms. The number of carbonyl (C=O) groups is 4. The van der Waals surface area contributed by atoms with Crippen molar-refractivity contribution in [3.8, 4) is 11.5 Å². The molecule has 0 aromatic heterocycles.